The molecule has 2 nitrogen and oxygen atoms in total. The molecule has 0 unspecified atom stereocenters. The van der Waals surface area contributed by atoms with Crippen molar-refractivity contribution in [3.63, 3.8) is 0 Å². The van der Waals surface area contributed by atoms with Gasteiger partial charge in [-0.2, -0.15) is 0 Å². The molecule has 0 radical (unpaired) electrons. The molecule has 2 heteroatoms. The van der Waals surface area contributed by atoms with Crippen LogP contribution in [0.1, 0.15) is 52.9 Å². The maximum absolute atomic E-state index is 3.32. The highest BCUT2D eigenvalue weighted by Gasteiger charge is 1.91. The Hall–Kier alpha value is -0.660. The molecule has 0 aliphatic rings. The molecular formula is C12H26N2. The first-order valence-corrected chi connectivity index (χ1v) is 6.03. The van der Waals surface area contributed by atoms with Crippen molar-refractivity contribution < 1.29 is 0 Å². The van der Waals surface area contributed by atoms with Gasteiger partial charge in [0.05, 0.1) is 5.82 Å². The Morgan fingerprint density at radius 2 is 1.57 bits per heavy atom. The molecule has 0 amide bonds. The zero-order valence-corrected chi connectivity index (χ0v) is 10.0. The van der Waals surface area contributed by atoms with Crippen molar-refractivity contribution in [1.82, 2.24) is 10.6 Å². The van der Waals surface area contributed by atoms with Gasteiger partial charge in [0.25, 0.3) is 0 Å². The van der Waals surface area contributed by atoms with Crippen molar-refractivity contribution >= 4 is 0 Å². The van der Waals surface area contributed by atoms with Gasteiger partial charge in [0.15, 0.2) is 0 Å². The number of allylic oxidation sites excluding steroid dienone is 1. The molecule has 0 aliphatic heterocycles. The molecule has 0 saturated heterocycles. The fourth-order valence-corrected chi connectivity index (χ4v) is 1.41. The van der Waals surface area contributed by atoms with Crippen molar-refractivity contribution in [3.05, 3.63) is 11.9 Å². The Morgan fingerprint density at radius 3 is 2.07 bits per heavy atom. The Balaban J connectivity index is 3.56. The lowest BCUT2D eigenvalue weighted by molar-refractivity contribution is 0.660. The molecule has 0 aliphatic carbocycles. The van der Waals surface area contributed by atoms with Crippen LogP contribution in [0.3, 0.4) is 0 Å². The number of unbranched alkanes of at least 4 members (excludes halogenated alkanes) is 4. The molecule has 0 heterocycles. The van der Waals surface area contributed by atoms with Gasteiger partial charge in [-0.25, -0.2) is 0 Å². The van der Waals surface area contributed by atoms with E-state index >= 15 is 0 Å². The number of rotatable bonds is 9. The second-order valence-electron chi connectivity index (χ2n) is 3.53. The van der Waals surface area contributed by atoms with Crippen LogP contribution in [0.2, 0.25) is 0 Å². The monoisotopic (exact) mass is 198 g/mol. The summed E-state index contributed by atoms with van der Waals surface area (Å²) in [5.41, 5.74) is 0. The van der Waals surface area contributed by atoms with E-state index in [0.717, 1.165) is 13.1 Å². The summed E-state index contributed by atoms with van der Waals surface area (Å²) in [6.45, 7) is 8.49. The Bertz CT molecular complexity index is 133. The SMILES string of the molecule is CCCCCCC=C(NCC)NCC. The largest absolute Gasteiger partial charge is 0.372 e. The van der Waals surface area contributed by atoms with E-state index in [1.54, 1.807) is 0 Å². The minimum absolute atomic E-state index is 0.994. The quantitative estimate of drug-likeness (QED) is 0.556. The van der Waals surface area contributed by atoms with Crippen molar-refractivity contribution in [2.45, 2.75) is 52.9 Å². The Labute approximate surface area is 89.2 Å². The van der Waals surface area contributed by atoms with E-state index in [-0.39, 0.29) is 0 Å². The summed E-state index contributed by atoms with van der Waals surface area (Å²) in [5.74, 6) is 1.20. The third-order valence-electron chi connectivity index (χ3n) is 2.14. The summed E-state index contributed by atoms with van der Waals surface area (Å²) >= 11 is 0. The van der Waals surface area contributed by atoms with Crippen LogP contribution in [0.5, 0.6) is 0 Å². The zero-order chi connectivity index (χ0) is 10.6. The van der Waals surface area contributed by atoms with E-state index in [2.05, 4.69) is 37.5 Å². The standard InChI is InChI=1S/C12H26N2/c1-4-7-8-9-10-11-12(13-5-2)14-6-3/h11,13-14H,4-10H2,1-3H3. The van der Waals surface area contributed by atoms with Gasteiger partial charge in [0.1, 0.15) is 0 Å². The highest BCUT2D eigenvalue weighted by Crippen LogP contribution is 2.03. The van der Waals surface area contributed by atoms with Crippen LogP contribution in [0, 0.1) is 0 Å². The van der Waals surface area contributed by atoms with Crippen LogP contribution < -0.4 is 10.6 Å². The van der Waals surface area contributed by atoms with Crippen LogP contribution in [-0.2, 0) is 0 Å². The highest BCUT2D eigenvalue weighted by atomic mass is 15.1. The summed E-state index contributed by atoms with van der Waals surface area (Å²) in [7, 11) is 0. The number of nitrogens with one attached hydrogen (secondary N) is 2. The number of hydrogen-bond donors (Lipinski definition) is 2. The van der Waals surface area contributed by atoms with Crippen LogP contribution in [0.25, 0.3) is 0 Å². The van der Waals surface area contributed by atoms with Crippen LogP contribution in [0.15, 0.2) is 11.9 Å². The van der Waals surface area contributed by atoms with Gasteiger partial charge >= 0.3 is 0 Å². The molecule has 2 N–H and O–H groups in total. The van der Waals surface area contributed by atoms with Crippen LogP contribution in [0.4, 0.5) is 0 Å². The average Bonchev–Trinajstić information content (AvgIpc) is 2.18. The van der Waals surface area contributed by atoms with E-state index < -0.39 is 0 Å². The smallest absolute Gasteiger partial charge is 0.0945 e. The van der Waals surface area contributed by atoms with E-state index in [0.29, 0.717) is 0 Å². The lowest BCUT2D eigenvalue weighted by Crippen LogP contribution is -2.25. The van der Waals surface area contributed by atoms with E-state index in [4.69, 9.17) is 0 Å². The highest BCUT2D eigenvalue weighted by molar-refractivity contribution is 4.96. The van der Waals surface area contributed by atoms with E-state index in [1.807, 2.05) is 0 Å². The summed E-state index contributed by atoms with van der Waals surface area (Å²) in [5, 5.41) is 6.65. The lowest BCUT2D eigenvalue weighted by Gasteiger charge is -2.10. The van der Waals surface area contributed by atoms with Gasteiger partial charge in [-0.3, -0.25) is 0 Å². The molecule has 0 saturated carbocycles. The summed E-state index contributed by atoms with van der Waals surface area (Å²) in [6, 6.07) is 0. The zero-order valence-electron chi connectivity index (χ0n) is 10.0. The molecule has 0 atom stereocenters. The normalized spacial score (nSPS) is 9.64. The average molecular weight is 198 g/mol. The molecule has 0 fully saturated rings. The molecule has 14 heavy (non-hydrogen) atoms. The molecule has 0 aromatic carbocycles. The van der Waals surface area contributed by atoms with Gasteiger partial charge in [0, 0.05) is 13.1 Å². The van der Waals surface area contributed by atoms with Gasteiger partial charge in [-0.15, -0.1) is 0 Å². The van der Waals surface area contributed by atoms with E-state index in [9.17, 15) is 0 Å². The van der Waals surface area contributed by atoms with Crippen molar-refractivity contribution in [2.24, 2.45) is 0 Å². The topological polar surface area (TPSA) is 24.1 Å². The second-order valence-corrected chi connectivity index (χ2v) is 3.53. The number of hydrogen-bond acceptors (Lipinski definition) is 2. The predicted octanol–water partition coefficient (Wildman–Crippen LogP) is 3.02. The molecule has 0 rings (SSSR count). The summed E-state index contributed by atoms with van der Waals surface area (Å²) < 4.78 is 0. The van der Waals surface area contributed by atoms with Crippen LogP contribution in [-0.4, -0.2) is 13.1 Å². The fourth-order valence-electron chi connectivity index (χ4n) is 1.41. The molecule has 0 spiro atoms. The van der Waals surface area contributed by atoms with Crippen molar-refractivity contribution in [2.75, 3.05) is 13.1 Å². The first-order valence-electron chi connectivity index (χ1n) is 6.03. The molecular weight excluding hydrogens is 172 g/mol. The predicted molar refractivity (Wildman–Crippen MR) is 64.2 cm³/mol. The van der Waals surface area contributed by atoms with Crippen molar-refractivity contribution in [1.29, 1.82) is 0 Å². The maximum atomic E-state index is 3.32. The van der Waals surface area contributed by atoms with Gasteiger partial charge in [-0.05, 0) is 32.8 Å². The minimum Gasteiger partial charge on any atom is -0.372 e. The molecule has 0 aromatic heterocycles. The first-order chi connectivity index (χ1) is 6.85. The summed E-state index contributed by atoms with van der Waals surface area (Å²) in [4.78, 5) is 0. The Morgan fingerprint density at radius 1 is 0.929 bits per heavy atom. The molecule has 0 bridgehead atoms. The maximum Gasteiger partial charge on any atom is 0.0945 e. The third-order valence-corrected chi connectivity index (χ3v) is 2.14. The fraction of sp³-hybridized carbons (Fsp3) is 0.833. The first kappa shape index (κ1) is 13.3. The van der Waals surface area contributed by atoms with Crippen molar-refractivity contribution in [3.8, 4) is 0 Å². The Kier molecular flexibility index (Phi) is 9.93. The minimum atomic E-state index is 0.994. The van der Waals surface area contributed by atoms with Gasteiger partial charge < -0.3 is 10.6 Å². The third kappa shape index (κ3) is 7.96. The lowest BCUT2D eigenvalue weighted by atomic mass is 10.1. The molecule has 84 valence electrons. The second kappa shape index (κ2) is 10.4. The van der Waals surface area contributed by atoms with Gasteiger partial charge in [0.2, 0.25) is 0 Å². The van der Waals surface area contributed by atoms with E-state index in [1.165, 1.54) is 37.9 Å². The van der Waals surface area contributed by atoms with Crippen LogP contribution >= 0.6 is 0 Å². The summed E-state index contributed by atoms with van der Waals surface area (Å²) in [6.07, 6.45) is 8.83. The van der Waals surface area contributed by atoms with Gasteiger partial charge in [-0.1, -0.05) is 26.2 Å². The molecule has 0 aromatic rings.